The zero-order chi connectivity index (χ0) is 5.45. The van der Waals surface area contributed by atoms with Crippen molar-refractivity contribution < 1.29 is 0 Å². The van der Waals surface area contributed by atoms with E-state index < -0.39 is 0.115 Å². The van der Waals surface area contributed by atoms with Gasteiger partial charge in [-0.15, -0.1) is 17.0 Å². The fourth-order valence-corrected chi connectivity index (χ4v) is 0. The molecule has 7 heteroatoms. The monoisotopic (exact) mass is 505 g/mol. The number of halogens is 6. The third kappa shape index (κ3) is 45.4. The molecule has 0 unspecified atom stereocenters. The van der Waals surface area contributed by atoms with Crippen LogP contribution < -0.4 is 0 Å². The predicted octanol–water partition coefficient (Wildman–Crippen LogP) is 5.67. The summed E-state index contributed by atoms with van der Waals surface area (Å²) in [6.45, 7) is 0. The van der Waals surface area contributed by atoms with E-state index >= 15 is 0 Å². The van der Waals surface area contributed by atoms with Gasteiger partial charge in [-0.2, -0.15) is 0 Å². The fraction of sp³-hybridized carbons (Fsp3) is 0. The van der Waals surface area contributed by atoms with Crippen molar-refractivity contribution in [3.63, 3.8) is 0 Å². The molecule has 0 N–H and O–H groups in total. The molecule has 0 atom stereocenters. The van der Waals surface area contributed by atoms with Gasteiger partial charge < -0.3 is 0 Å². The summed E-state index contributed by atoms with van der Waals surface area (Å²) < 4.78 is -1.99. The minimum atomic E-state index is -1.99. The maximum atomic E-state index is 3.28. The van der Waals surface area contributed by atoms with Crippen LogP contribution in [-0.2, 0) is 0 Å². The second kappa shape index (κ2) is 3.63. The van der Waals surface area contributed by atoms with Crippen LogP contribution in [0.15, 0.2) is 0 Å². The topological polar surface area (TPSA) is 0 Å². The van der Waals surface area contributed by atoms with Crippen LogP contribution in [0, 0.1) is 0 Å². The first kappa shape index (κ1) is 12.9. The van der Waals surface area contributed by atoms with Crippen LogP contribution in [0.25, 0.3) is 0 Å². The van der Waals surface area contributed by atoms with Crippen LogP contribution in [0.5, 0.6) is 0 Å². The molecule has 0 bridgehead atoms. The van der Waals surface area contributed by atoms with Crippen molar-refractivity contribution in [2.45, 2.75) is 0 Å². The molecule has 0 aromatic rings. The summed E-state index contributed by atoms with van der Waals surface area (Å²) in [4.78, 5) is 0. The van der Waals surface area contributed by atoms with Gasteiger partial charge in [0.15, 0.2) is 0 Å². The summed E-state index contributed by atoms with van der Waals surface area (Å²) in [6, 6.07) is 0. The third-order valence-electron chi connectivity index (χ3n) is 0. The van der Waals surface area contributed by atoms with Crippen LogP contribution in [0.3, 0.4) is 0 Å². The van der Waals surface area contributed by atoms with E-state index in [0.717, 1.165) is 0 Å². The van der Waals surface area contributed by atoms with E-state index in [0.29, 0.717) is 0 Å². The summed E-state index contributed by atoms with van der Waals surface area (Å²) in [5.74, 6) is 0. The molecular formula is HBr6P. The Kier molecular flexibility index (Phi) is 6.71. The summed E-state index contributed by atoms with van der Waals surface area (Å²) in [7, 11) is 0. The van der Waals surface area contributed by atoms with Crippen molar-refractivity contribution in [1.82, 2.24) is 0 Å². The van der Waals surface area contributed by atoms with Gasteiger partial charge in [0.25, 0.3) is 0 Å². The quantitative estimate of drug-likeness (QED) is 0.368. The van der Waals surface area contributed by atoms with Crippen LogP contribution in [0.4, 0.5) is 0 Å². The van der Waals surface area contributed by atoms with Gasteiger partial charge in [-0.1, -0.05) is 0 Å². The van der Waals surface area contributed by atoms with Gasteiger partial charge in [0.1, 0.15) is 0 Å². The normalized spacial score (nSPS) is 16.4. The molecule has 0 fully saturated rings. The average Bonchev–Trinajstić information content (AvgIpc) is 0.650. The molecule has 0 heterocycles. The Balaban J connectivity index is 0. The van der Waals surface area contributed by atoms with E-state index in [4.69, 9.17) is 0 Å². The standard InChI is InChI=1S/Br5P.BrH/c1-6(2,3,4)5;/h;1H. The van der Waals surface area contributed by atoms with E-state index in [9.17, 15) is 0 Å². The fourth-order valence-electron chi connectivity index (χ4n) is 0. The molecule has 48 valence electrons. The van der Waals surface area contributed by atoms with Gasteiger partial charge >= 0.3 is 77.6 Å². The molecule has 0 rings (SSSR count). The first-order valence-electron chi connectivity index (χ1n) is 0.845. The SMILES string of the molecule is Br.BrP(Br)(Br)(Br)Br. The van der Waals surface area contributed by atoms with E-state index in [2.05, 4.69) is 77.4 Å². The Hall–Kier alpha value is 3.31. The molecule has 0 saturated carbocycles. The molecule has 0 aromatic heterocycles. The van der Waals surface area contributed by atoms with E-state index in [-0.39, 0.29) is 17.0 Å². The Morgan fingerprint density at radius 1 is 0.714 bits per heavy atom. The molecule has 0 nitrogen and oxygen atoms in total. The molecule has 0 aromatic carbocycles. The van der Waals surface area contributed by atoms with Crippen LogP contribution >= 0.6 is 94.5 Å². The van der Waals surface area contributed by atoms with E-state index in [1.54, 1.807) is 0 Å². The molecule has 0 amide bonds. The Bertz CT molecular complexity index is 37.4. The van der Waals surface area contributed by atoms with Gasteiger partial charge in [-0.3, -0.25) is 0 Å². The summed E-state index contributed by atoms with van der Waals surface area (Å²) in [5, 5.41) is 0. The molecule has 0 aliphatic carbocycles. The zero-order valence-corrected chi connectivity index (χ0v) is 13.3. The first-order valence-corrected chi connectivity index (χ1v) is 13.2. The summed E-state index contributed by atoms with van der Waals surface area (Å²) >= 11 is 16.4. The molecule has 0 radical (unpaired) electrons. The second-order valence-corrected chi connectivity index (χ2v) is 51.7. The van der Waals surface area contributed by atoms with Crippen molar-refractivity contribution in [2.24, 2.45) is 0 Å². The molecule has 0 aliphatic heterocycles. The van der Waals surface area contributed by atoms with Crippen LogP contribution in [0.2, 0.25) is 0 Å². The number of hydrogen-bond donors (Lipinski definition) is 0. The first-order chi connectivity index (χ1) is 2.24. The molecule has 0 spiro atoms. The number of rotatable bonds is 0. The van der Waals surface area contributed by atoms with Crippen molar-refractivity contribution in [2.75, 3.05) is 0 Å². The Labute approximate surface area is 93.0 Å². The zero-order valence-electron chi connectivity index (χ0n) is 2.75. The van der Waals surface area contributed by atoms with Crippen LogP contribution in [0.1, 0.15) is 0 Å². The van der Waals surface area contributed by atoms with Crippen molar-refractivity contribution in [3.05, 3.63) is 0 Å². The van der Waals surface area contributed by atoms with Crippen molar-refractivity contribution >= 4 is 94.5 Å². The average molecular weight is 511 g/mol. The van der Waals surface area contributed by atoms with Gasteiger partial charge in [0.05, 0.1) is 0 Å². The van der Waals surface area contributed by atoms with Crippen LogP contribution in [-0.4, -0.2) is 0 Å². The third-order valence-corrected chi connectivity index (χ3v) is 0. The van der Waals surface area contributed by atoms with Crippen molar-refractivity contribution in [1.29, 1.82) is 0 Å². The predicted molar refractivity (Wildman–Crippen MR) is 61.9 cm³/mol. The summed E-state index contributed by atoms with van der Waals surface area (Å²) in [6.07, 6.45) is 0. The van der Waals surface area contributed by atoms with Gasteiger partial charge in [0.2, 0.25) is 0 Å². The summed E-state index contributed by atoms with van der Waals surface area (Å²) in [5.41, 5.74) is 0. The minimum absolute atomic E-state index is 0. The van der Waals surface area contributed by atoms with Gasteiger partial charge in [-0.05, 0) is 0 Å². The molecule has 7 heavy (non-hydrogen) atoms. The molecule has 0 saturated heterocycles. The van der Waals surface area contributed by atoms with Gasteiger partial charge in [0, 0.05) is 0 Å². The van der Waals surface area contributed by atoms with E-state index in [1.165, 1.54) is 0 Å². The van der Waals surface area contributed by atoms with E-state index in [1.807, 2.05) is 0 Å². The Morgan fingerprint density at radius 2 is 0.714 bits per heavy atom. The van der Waals surface area contributed by atoms with Crippen molar-refractivity contribution in [3.8, 4) is 0 Å². The maximum absolute atomic E-state index is 3.28. The van der Waals surface area contributed by atoms with Gasteiger partial charge in [-0.25, -0.2) is 0 Å². The Morgan fingerprint density at radius 3 is 0.714 bits per heavy atom. The molecule has 0 aliphatic rings. The second-order valence-electron chi connectivity index (χ2n) is 0.639. The molecular weight excluding hydrogens is 510 g/mol. The number of hydrogen-bond acceptors (Lipinski definition) is 0.